The average molecular weight is 298 g/mol. The molecule has 122 valence electrons. The smallest absolute Gasteiger partial charge is 0.325 e. The van der Waals surface area contributed by atoms with Crippen molar-refractivity contribution < 1.29 is 14.3 Å². The van der Waals surface area contributed by atoms with E-state index in [9.17, 15) is 4.79 Å². The maximum absolute atomic E-state index is 12.1. The number of carbonyl (C=O) groups excluding carboxylic acids is 1. The van der Waals surface area contributed by atoms with E-state index in [1.54, 1.807) is 0 Å². The van der Waals surface area contributed by atoms with Crippen LogP contribution in [0.5, 0.6) is 0 Å². The summed E-state index contributed by atoms with van der Waals surface area (Å²) in [6.45, 7) is 9.96. The minimum atomic E-state index is -0.549. The van der Waals surface area contributed by atoms with Gasteiger partial charge in [-0.2, -0.15) is 0 Å². The van der Waals surface area contributed by atoms with Crippen molar-refractivity contribution in [1.29, 1.82) is 0 Å². The van der Waals surface area contributed by atoms with Crippen LogP contribution in [0, 0.1) is 0 Å². The zero-order valence-electron chi connectivity index (χ0n) is 13.9. The molecule has 0 bridgehead atoms. The number of carbonyl (C=O) groups is 1. The third kappa shape index (κ3) is 4.41. The number of hydrogen-bond acceptors (Lipinski definition) is 5. The molecule has 0 aromatic rings. The average Bonchev–Trinajstić information content (AvgIpc) is 3.23. The molecule has 2 rings (SSSR count). The van der Waals surface area contributed by atoms with Crippen LogP contribution in [0.3, 0.4) is 0 Å². The number of rotatable bonds is 7. The maximum atomic E-state index is 12.1. The van der Waals surface area contributed by atoms with Crippen LogP contribution in [0.15, 0.2) is 0 Å². The van der Waals surface area contributed by atoms with Gasteiger partial charge in [0.2, 0.25) is 0 Å². The second kappa shape index (κ2) is 6.63. The Hall–Kier alpha value is -0.650. The van der Waals surface area contributed by atoms with Gasteiger partial charge in [-0.3, -0.25) is 15.0 Å². The fourth-order valence-electron chi connectivity index (χ4n) is 3.07. The lowest BCUT2D eigenvalue weighted by Crippen LogP contribution is -2.54. The van der Waals surface area contributed by atoms with E-state index >= 15 is 0 Å². The molecule has 5 heteroatoms. The number of hydrogen-bond donors (Lipinski definition) is 1. The molecule has 0 amide bonds. The largest absolute Gasteiger partial charge is 0.468 e. The predicted molar refractivity (Wildman–Crippen MR) is 82.3 cm³/mol. The van der Waals surface area contributed by atoms with E-state index in [-0.39, 0.29) is 11.5 Å². The highest BCUT2D eigenvalue weighted by Crippen LogP contribution is 2.26. The Labute approximate surface area is 128 Å². The van der Waals surface area contributed by atoms with Gasteiger partial charge in [-0.05, 0) is 53.0 Å². The van der Waals surface area contributed by atoms with Crippen LogP contribution < -0.4 is 5.32 Å². The predicted octanol–water partition coefficient (Wildman–Crippen LogP) is 1.56. The molecule has 1 N–H and O–H groups in total. The first-order chi connectivity index (χ1) is 9.87. The van der Waals surface area contributed by atoms with Crippen LogP contribution in [-0.4, -0.2) is 61.4 Å². The van der Waals surface area contributed by atoms with Crippen molar-refractivity contribution in [1.82, 2.24) is 10.2 Å². The summed E-state index contributed by atoms with van der Waals surface area (Å²) in [5.74, 6) is -0.143. The summed E-state index contributed by atoms with van der Waals surface area (Å²) in [6.07, 6.45) is 4.13. The van der Waals surface area contributed by atoms with E-state index in [4.69, 9.17) is 9.47 Å². The number of esters is 1. The molecule has 0 radical (unpaired) electrons. The van der Waals surface area contributed by atoms with Gasteiger partial charge in [0.15, 0.2) is 0 Å². The van der Waals surface area contributed by atoms with E-state index in [1.165, 1.54) is 20.0 Å². The molecule has 5 nitrogen and oxygen atoms in total. The molecule has 1 saturated heterocycles. The van der Waals surface area contributed by atoms with Crippen molar-refractivity contribution in [3.8, 4) is 0 Å². The molecule has 2 aliphatic rings. The van der Waals surface area contributed by atoms with Crippen molar-refractivity contribution in [2.75, 3.05) is 33.4 Å². The van der Waals surface area contributed by atoms with Crippen molar-refractivity contribution in [3.05, 3.63) is 0 Å². The molecule has 1 saturated carbocycles. The van der Waals surface area contributed by atoms with Gasteiger partial charge in [0.25, 0.3) is 0 Å². The van der Waals surface area contributed by atoms with Gasteiger partial charge in [-0.25, -0.2) is 0 Å². The van der Waals surface area contributed by atoms with Crippen LogP contribution in [0.2, 0.25) is 0 Å². The summed E-state index contributed by atoms with van der Waals surface area (Å²) in [7, 11) is 1.47. The van der Waals surface area contributed by atoms with Crippen molar-refractivity contribution in [2.24, 2.45) is 0 Å². The summed E-state index contributed by atoms with van der Waals surface area (Å²) in [5.41, 5.74) is -0.462. The van der Waals surface area contributed by atoms with Crippen molar-refractivity contribution >= 4 is 5.97 Å². The molecule has 0 aromatic heterocycles. The van der Waals surface area contributed by atoms with Crippen LogP contribution >= 0.6 is 0 Å². The molecule has 1 aliphatic heterocycles. The summed E-state index contributed by atoms with van der Waals surface area (Å²) in [4.78, 5) is 14.6. The first-order valence-corrected chi connectivity index (χ1v) is 8.06. The van der Waals surface area contributed by atoms with Crippen LogP contribution in [0.1, 0.15) is 46.5 Å². The first kappa shape index (κ1) is 16.7. The fraction of sp³-hybridized carbons (Fsp3) is 0.938. The maximum Gasteiger partial charge on any atom is 0.325 e. The van der Waals surface area contributed by atoms with Crippen LogP contribution in [0.4, 0.5) is 0 Å². The number of nitrogens with one attached hydrogen (secondary N) is 1. The zero-order valence-corrected chi connectivity index (χ0v) is 13.9. The summed E-state index contributed by atoms with van der Waals surface area (Å²) >= 11 is 0. The first-order valence-electron chi connectivity index (χ1n) is 8.06. The van der Waals surface area contributed by atoms with E-state index < -0.39 is 5.54 Å². The molecular formula is C16H30N2O3. The Morgan fingerprint density at radius 3 is 2.76 bits per heavy atom. The van der Waals surface area contributed by atoms with Gasteiger partial charge in [0.05, 0.1) is 20.3 Å². The highest BCUT2D eigenvalue weighted by atomic mass is 16.5. The molecule has 1 heterocycles. The lowest BCUT2D eigenvalue weighted by molar-refractivity contribution is -0.148. The standard InChI is InChI=1S/C16H30N2O3/c1-15(2)12-21-11-10-18(15)9-5-8-16(3,14(19)20-4)17-13-6-7-13/h13,17H,5-12H2,1-4H3. The summed E-state index contributed by atoms with van der Waals surface area (Å²) in [6, 6.07) is 0.494. The Bertz CT molecular complexity index is 369. The minimum Gasteiger partial charge on any atom is -0.468 e. The van der Waals surface area contributed by atoms with Gasteiger partial charge >= 0.3 is 5.97 Å². The molecule has 1 aliphatic carbocycles. The molecule has 0 aromatic carbocycles. The Kier molecular flexibility index (Phi) is 5.28. The van der Waals surface area contributed by atoms with Gasteiger partial charge in [-0.15, -0.1) is 0 Å². The van der Waals surface area contributed by atoms with E-state index in [1.807, 2.05) is 6.92 Å². The number of morpholine rings is 1. The van der Waals surface area contributed by atoms with Crippen LogP contribution in [0.25, 0.3) is 0 Å². The van der Waals surface area contributed by atoms with E-state index in [2.05, 4.69) is 24.1 Å². The van der Waals surface area contributed by atoms with Crippen LogP contribution in [-0.2, 0) is 14.3 Å². The molecule has 21 heavy (non-hydrogen) atoms. The lowest BCUT2D eigenvalue weighted by Gasteiger charge is -2.42. The minimum absolute atomic E-state index is 0.0871. The van der Waals surface area contributed by atoms with Crippen molar-refractivity contribution in [3.63, 3.8) is 0 Å². The van der Waals surface area contributed by atoms with E-state index in [0.29, 0.717) is 6.04 Å². The monoisotopic (exact) mass is 298 g/mol. The Morgan fingerprint density at radius 1 is 1.48 bits per heavy atom. The normalized spacial score (nSPS) is 25.3. The molecular weight excluding hydrogens is 268 g/mol. The second-order valence-corrected chi connectivity index (χ2v) is 7.20. The summed E-state index contributed by atoms with van der Waals surface area (Å²) in [5, 5.41) is 3.46. The van der Waals surface area contributed by atoms with Crippen molar-refractivity contribution in [2.45, 2.75) is 63.6 Å². The van der Waals surface area contributed by atoms with Gasteiger partial charge in [0, 0.05) is 18.1 Å². The highest BCUT2D eigenvalue weighted by molar-refractivity contribution is 5.80. The highest BCUT2D eigenvalue weighted by Gasteiger charge is 2.39. The fourth-order valence-corrected chi connectivity index (χ4v) is 3.07. The number of ether oxygens (including phenoxy) is 2. The Morgan fingerprint density at radius 2 is 2.19 bits per heavy atom. The third-order valence-electron chi connectivity index (χ3n) is 4.66. The molecule has 0 spiro atoms. The molecule has 1 unspecified atom stereocenters. The quantitative estimate of drug-likeness (QED) is 0.723. The Balaban J connectivity index is 1.85. The summed E-state index contributed by atoms with van der Waals surface area (Å²) < 4.78 is 10.5. The van der Waals surface area contributed by atoms with Gasteiger partial charge in [-0.1, -0.05) is 0 Å². The topological polar surface area (TPSA) is 50.8 Å². The third-order valence-corrected chi connectivity index (χ3v) is 4.66. The molecule has 1 atom stereocenters. The number of nitrogens with zero attached hydrogens (tertiary/aromatic N) is 1. The lowest BCUT2D eigenvalue weighted by atomic mass is 9.94. The SMILES string of the molecule is COC(=O)C(C)(CCCN1CCOCC1(C)C)NC1CC1. The van der Waals surface area contributed by atoms with E-state index in [0.717, 1.165) is 39.1 Å². The second-order valence-electron chi connectivity index (χ2n) is 7.20. The van der Waals surface area contributed by atoms with Gasteiger partial charge < -0.3 is 9.47 Å². The molecule has 2 fully saturated rings. The number of methoxy groups -OCH3 is 1. The zero-order chi connectivity index (χ0) is 15.5. The van der Waals surface area contributed by atoms with Gasteiger partial charge in [0.1, 0.15) is 5.54 Å².